The van der Waals surface area contributed by atoms with E-state index >= 15 is 0 Å². The minimum atomic E-state index is -0.515. The molecular weight excluding hydrogens is 371 g/mol. The van der Waals surface area contributed by atoms with Gasteiger partial charge in [0.15, 0.2) is 0 Å². The van der Waals surface area contributed by atoms with Crippen LogP contribution in [0, 0.1) is 5.82 Å². The number of aromatic amines is 1. The predicted octanol–water partition coefficient (Wildman–Crippen LogP) is 3.31. The number of H-pyrrole nitrogens is 1. The maximum atomic E-state index is 14.2. The van der Waals surface area contributed by atoms with Gasteiger partial charge in [0.1, 0.15) is 18.0 Å². The number of nitrogens with zero attached hydrogens (tertiary/aromatic N) is 5. The van der Waals surface area contributed by atoms with Crippen molar-refractivity contribution in [1.29, 1.82) is 0 Å². The van der Waals surface area contributed by atoms with Crippen molar-refractivity contribution in [3.05, 3.63) is 82.0 Å². The fourth-order valence-corrected chi connectivity index (χ4v) is 4.01. The van der Waals surface area contributed by atoms with Crippen LogP contribution in [0.1, 0.15) is 35.8 Å². The Labute approximate surface area is 165 Å². The molecule has 0 radical (unpaired) electrons. The van der Waals surface area contributed by atoms with E-state index in [0.29, 0.717) is 29.1 Å². The summed E-state index contributed by atoms with van der Waals surface area (Å²) >= 11 is 0. The lowest BCUT2D eigenvalue weighted by Crippen LogP contribution is -2.22. The molecule has 0 bridgehead atoms. The van der Waals surface area contributed by atoms with Crippen LogP contribution in [-0.4, -0.2) is 31.2 Å². The fourth-order valence-electron chi connectivity index (χ4n) is 4.01. The molecule has 0 spiro atoms. The van der Waals surface area contributed by atoms with Gasteiger partial charge in [-0.2, -0.15) is 10.2 Å². The van der Waals surface area contributed by atoms with Crippen LogP contribution in [0.3, 0.4) is 0 Å². The topological polar surface area (TPSA) is 88.8 Å². The maximum Gasteiger partial charge on any atom is 0.272 e. The molecule has 4 aromatic rings. The van der Waals surface area contributed by atoms with Gasteiger partial charge in [0, 0.05) is 30.1 Å². The molecular formula is C21H17FN6O. The summed E-state index contributed by atoms with van der Waals surface area (Å²) in [6, 6.07) is 12.4. The molecule has 0 amide bonds. The number of rotatable bonds is 3. The van der Waals surface area contributed by atoms with E-state index in [9.17, 15) is 9.18 Å². The van der Waals surface area contributed by atoms with Crippen molar-refractivity contribution in [2.45, 2.75) is 25.3 Å². The lowest BCUT2D eigenvalue weighted by Gasteiger charge is -2.23. The smallest absolute Gasteiger partial charge is 0.267 e. The summed E-state index contributed by atoms with van der Waals surface area (Å²) in [5.41, 5.74) is 1.55. The van der Waals surface area contributed by atoms with E-state index in [1.807, 2.05) is 41.9 Å². The zero-order valence-electron chi connectivity index (χ0n) is 15.6. The quantitative estimate of drug-likeness (QED) is 0.583. The Hall–Kier alpha value is -3.68. The summed E-state index contributed by atoms with van der Waals surface area (Å²) in [7, 11) is 0. The van der Waals surface area contributed by atoms with Gasteiger partial charge in [0.25, 0.3) is 5.56 Å². The number of aromatic nitrogens is 5. The molecule has 0 aliphatic carbocycles. The molecule has 144 valence electrons. The highest BCUT2D eigenvalue weighted by atomic mass is 19.1. The first-order valence-electron chi connectivity index (χ1n) is 9.36. The van der Waals surface area contributed by atoms with E-state index < -0.39 is 11.4 Å². The summed E-state index contributed by atoms with van der Waals surface area (Å²) in [5, 5.41) is 12.0. The van der Waals surface area contributed by atoms with E-state index in [0.717, 1.165) is 5.56 Å². The molecule has 1 N–H and O–H groups in total. The second-order valence-electron chi connectivity index (χ2n) is 6.91. The van der Waals surface area contributed by atoms with E-state index in [-0.39, 0.29) is 17.2 Å². The molecule has 8 heteroatoms. The molecule has 3 heterocycles. The Balaban J connectivity index is 1.87. The van der Waals surface area contributed by atoms with E-state index in [1.54, 1.807) is 6.21 Å². The lowest BCUT2D eigenvalue weighted by atomic mass is 9.83. The molecule has 1 aliphatic heterocycles. The summed E-state index contributed by atoms with van der Waals surface area (Å²) in [5.74, 6) is -0.373. The molecule has 29 heavy (non-hydrogen) atoms. The Kier molecular flexibility index (Phi) is 4.04. The van der Waals surface area contributed by atoms with Crippen molar-refractivity contribution in [1.82, 2.24) is 25.0 Å². The number of nitrogens with one attached hydrogen (secondary N) is 1. The molecule has 7 nitrogen and oxygen atoms in total. The first kappa shape index (κ1) is 17.4. The van der Waals surface area contributed by atoms with Crippen LogP contribution >= 0.6 is 0 Å². The number of hydrogen-bond acceptors (Lipinski definition) is 5. The average Bonchev–Trinajstić information content (AvgIpc) is 3.14. The number of hydrogen-bond donors (Lipinski definition) is 1. The van der Waals surface area contributed by atoms with Crippen molar-refractivity contribution < 1.29 is 4.39 Å². The normalized spacial score (nSPS) is 18.1. The Morgan fingerprint density at radius 3 is 2.83 bits per heavy atom. The Bertz CT molecular complexity index is 1290. The largest absolute Gasteiger partial charge is 0.272 e. The monoisotopic (exact) mass is 388 g/mol. The van der Waals surface area contributed by atoms with Gasteiger partial charge in [0.2, 0.25) is 0 Å². The van der Waals surface area contributed by atoms with Crippen LogP contribution in [0.5, 0.6) is 0 Å². The molecule has 2 aromatic heterocycles. The van der Waals surface area contributed by atoms with Gasteiger partial charge in [-0.05, 0) is 18.6 Å². The van der Waals surface area contributed by atoms with Crippen LogP contribution in [0.25, 0.3) is 10.8 Å². The first-order valence-corrected chi connectivity index (χ1v) is 9.36. The SMILES string of the molecule is CCn1ncnc1C1c2n[nH]c(=O)c3cc(F)cc(c23)N=CC1c1ccccc1. The molecule has 0 saturated carbocycles. The zero-order chi connectivity index (χ0) is 20.0. The van der Waals surface area contributed by atoms with Crippen LogP contribution in [0.4, 0.5) is 10.1 Å². The third-order valence-corrected chi connectivity index (χ3v) is 5.30. The van der Waals surface area contributed by atoms with Crippen molar-refractivity contribution >= 4 is 22.7 Å². The van der Waals surface area contributed by atoms with Gasteiger partial charge in [-0.1, -0.05) is 30.3 Å². The molecule has 0 saturated heterocycles. The van der Waals surface area contributed by atoms with Crippen molar-refractivity contribution in [2.24, 2.45) is 4.99 Å². The molecule has 5 rings (SSSR count). The van der Waals surface area contributed by atoms with Crippen LogP contribution < -0.4 is 5.56 Å². The standard InChI is InChI=1S/C21H17FN6O/c1-2-28-20(24-11-25-28)18-15(12-6-4-3-5-7-12)10-23-16-9-13(22)8-14-17(16)19(18)26-27-21(14)29/h3-11,15,18H,2H2,1H3,(H,27,29). The van der Waals surface area contributed by atoms with Crippen molar-refractivity contribution in [3.63, 3.8) is 0 Å². The molecule has 2 aromatic carbocycles. The van der Waals surface area contributed by atoms with E-state index in [4.69, 9.17) is 0 Å². The molecule has 1 aliphatic rings. The number of aliphatic imine (C=N–C) groups is 1. The summed E-state index contributed by atoms with van der Waals surface area (Å²) in [6.45, 7) is 2.62. The summed E-state index contributed by atoms with van der Waals surface area (Å²) < 4.78 is 16.0. The minimum Gasteiger partial charge on any atom is -0.267 e. The minimum absolute atomic E-state index is 0.220. The Morgan fingerprint density at radius 1 is 1.21 bits per heavy atom. The average molecular weight is 388 g/mol. The zero-order valence-corrected chi connectivity index (χ0v) is 15.6. The highest BCUT2D eigenvalue weighted by Crippen LogP contribution is 2.43. The van der Waals surface area contributed by atoms with Gasteiger partial charge in [-0.3, -0.25) is 9.79 Å². The van der Waals surface area contributed by atoms with Crippen molar-refractivity contribution in [3.8, 4) is 0 Å². The van der Waals surface area contributed by atoms with Gasteiger partial charge in [-0.25, -0.2) is 19.2 Å². The molecule has 0 fully saturated rings. The second-order valence-corrected chi connectivity index (χ2v) is 6.91. The van der Waals surface area contributed by atoms with Crippen molar-refractivity contribution in [2.75, 3.05) is 0 Å². The summed E-state index contributed by atoms with van der Waals surface area (Å²) in [6.07, 6.45) is 3.30. The number of halogens is 1. The predicted molar refractivity (Wildman–Crippen MR) is 107 cm³/mol. The van der Waals surface area contributed by atoms with Crippen LogP contribution in [-0.2, 0) is 6.54 Å². The van der Waals surface area contributed by atoms with Gasteiger partial charge in [0.05, 0.1) is 22.7 Å². The fraction of sp³-hybridized carbons (Fsp3) is 0.190. The van der Waals surface area contributed by atoms with Gasteiger partial charge >= 0.3 is 0 Å². The van der Waals surface area contributed by atoms with Crippen LogP contribution in [0.2, 0.25) is 0 Å². The first-order chi connectivity index (χ1) is 14.2. The van der Waals surface area contributed by atoms with E-state index in [1.165, 1.54) is 18.5 Å². The van der Waals surface area contributed by atoms with Crippen LogP contribution in [0.15, 0.2) is 58.6 Å². The second kappa shape index (κ2) is 6.73. The highest BCUT2D eigenvalue weighted by Gasteiger charge is 2.35. The Morgan fingerprint density at radius 2 is 2.03 bits per heavy atom. The summed E-state index contributed by atoms with van der Waals surface area (Å²) in [4.78, 5) is 21.5. The third kappa shape index (κ3) is 2.75. The molecule has 2 unspecified atom stereocenters. The third-order valence-electron chi connectivity index (χ3n) is 5.30. The van der Waals surface area contributed by atoms with Gasteiger partial charge < -0.3 is 0 Å². The lowest BCUT2D eigenvalue weighted by molar-refractivity contribution is 0.566. The molecule has 2 atom stereocenters. The van der Waals surface area contributed by atoms with Gasteiger partial charge in [-0.15, -0.1) is 0 Å². The maximum absolute atomic E-state index is 14.2. The number of benzene rings is 2. The van der Waals surface area contributed by atoms with E-state index in [2.05, 4.69) is 25.3 Å². The number of aryl methyl sites for hydroxylation is 1. The highest BCUT2D eigenvalue weighted by molar-refractivity contribution is 5.97.